The topological polar surface area (TPSA) is 50.3 Å². The van der Waals surface area contributed by atoms with E-state index >= 15 is 0 Å². The number of methoxy groups -OCH3 is 1. The zero-order chi connectivity index (χ0) is 14.7. The Morgan fingerprint density at radius 2 is 2.14 bits per heavy atom. The minimum Gasteiger partial charge on any atom is -0.377 e. The molecule has 0 radical (unpaired) electrons. The average molecular weight is 290 g/mol. The third-order valence-electron chi connectivity index (χ3n) is 4.69. The van der Waals surface area contributed by atoms with Crippen LogP contribution in [0.5, 0.6) is 0 Å². The van der Waals surface area contributed by atoms with E-state index in [4.69, 9.17) is 9.72 Å². The van der Waals surface area contributed by atoms with Gasteiger partial charge < -0.3 is 15.0 Å². The molecule has 21 heavy (non-hydrogen) atoms. The molecule has 1 aliphatic heterocycles. The highest BCUT2D eigenvalue weighted by molar-refractivity contribution is 5.51. The molecule has 1 aromatic rings. The van der Waals surface area contributed by atoms with Crippen LogP contribution in [0.15, 0.2) is 6.07 Å². The molecule has 116 valence electrons. The predicted molar refractivity (Wildman–Crippen MR) is 84.6 cm³/mol. The lowest BCUT2D eigenvalue weighted by Gasteiger charge is -2.32. The summed E-state index contributed by atoms with van der Waals surface area (Å²) < 4.78 is 5.21. The van der Waals surface area contributed by atoms with Gasteiger partial charge in [0.05, 0.1) is 0 Å². The molecule has 0 spiro atoms. The number of nitrogens with one attached hydrogen (secondary N) is 1. The van der Waals surface area contributed by atoms with Crippen LogP contribution >= 0.6 is 0 Å². The van der Waals surface area contributed by atoms with Crippen LogP contribution in [0.25, 0.3) is 0 Å². The van der Waals surface area contributed by atoms with E-state index in [1.54, 1.807) is 7.11 Å². The van der Waals surface area contributed by atoms with Gasteiger partial charge in [0.15, 0.2) is 5.82 Å². The third-order valence-corrected chi connectivity index (χ3v) is 4.69. The molecule has 3 rings (SSSR count). The number of hydrogen-bond donors (Lipinski definition) is 1. The van der Waals surface area contributed by atoms with E-state index in [9.17, 15) is 0 Å². The molecule has 1 N–H and O–H groups in total. The van der Waals surface area contributed by atoms with Crippen LogP contribution in [0.2, 0.25) is 0 Å². The molecular formula is C16H26N4O. The molecular weight excluding hydrogens is 264 g/mol. The van der Waals surface area contributed by atoms with E-state index in [1.807, 2.05) is 0 Å². The Labute approximate surface area is 127 Å². The van der Waals surface area contributed by atoms with Crippen LogP contribution in [0.3, 0.4) is 0 Å². The summed E-state index contributed by atoms with van der Waals surface area (Å²) in [5, 5.41) is 3.31. The number of aromatic nitrogens is 2. The summed E-state index contributed by atoms with van der Waals surface area (Å²) in [6.45, 7) is 4.55. The lowest BCUT2D eigenvalue weighted by Crippen LogP contribution is -2.35. The van der Waals surface area contributed by atoms with Crippen molar-refractivity contribution in [2.75, 3.05) is 30.4 Å². The molecule has 2 heterocycles. The first-order valence-electron chi connectivity index (χ1n) is 8.19. The normalized spacial score (nSPS) is 25.0. The van der Waals surface area contributed by atoms with Gasteiger partial charge in [-0.3, -0.25) is 0 Å². The zero-order valence-electron chi connectivity index (χ0n) is 13.1. The van der Waals surface area contributed by atoms with E-state index in [0.717, 1.165) is 36.5 Å². The minimum atomic E-state index is 0.466. The molecule has 1 saturated carbocycles. The van der Waals surface area contributed by atoms with Crippen LogP contribution < -0.4 is 10.2 Å². The van der Waals surface area contributed by atoms with Crippen LogP contribution in [-0.2, 0) is 11.3 Å². The quantitative estimate of drug-likeness (QED) is 0.903. The largest absolute Gasteiger partial charge is 0.377 e. The highest BCUT2D eigenvalue weighted by atomic mass is 16.5. The summed E-state index contributed by atoms with van der Waals surface area (Å²) in [7, 11) is 1.69. The van der Waals surface area contributed by atoms with Gasteiger partial charge in [-0.25, -0.2) is 9.97 Å². The minimum absolute atomic E-state index is 0.466. The second-order valence-corrected chi connectivity index (χ2v) is 6.08. The molecule has 2 atom stereocenters. The van der Waals surface area contributed by atoms with E-state index in [1.165, 1.54) is 32.1 Å². The fourth-order valence-electron chi connectivity index (χ4n) is 3.79. The van der Waals surface area contributed by atoms with Gasteiger partial charge in [-0.2, -0.15) is 0 Å². The van der Waals surface area contributed by atoms with Crippen molar-refractivity contribution in [3.63, 3.8) is 0 Å². The first-order valence-corrected chi connectivity index (χ1v) is 8.19. The van der Waals surface area contributed by atoms with Crippen molar-refractivity contribution in [1.82, 2.24) is 9.97 Å². The number of rotatable bonds is 5. The maximum atomic E-state index is 5.21. The molecule has 5 nitrogen and oxygen atoms in total. The summed E-state index contributed by atoms with van der Waals surface area (Å²) in [4.78, 5) is 11.7. The molecule has 2 unspecified atom stereocenters. The van der Waals surface area contributed by atoms with Crippen molar-refractivity contribution in [3.8, 4) is 0 Å². The second-order valence-electron chi connectivity index (χ2n) is 6.08. The average Bonchev–Trinajstić information content (AvgIpc) is 2.92. The molecule has 2 fully saturated rings. The van der Waals surface area contributed by atoms with E-state index in [2.05, 4.69) is 28.2 Å². The standard InChI is InChI=1S/C16H26N4O/c1-3-17-14-10-16(19-15(18-14)11-21-2)20-9-8-12-6-4-5-7-13(12)20/h10,12-13H,3-9,11H2,1-2H3,(H,17,18,19). The Morgan fingerprint density at radius 1 is 1.29 bits per heavy atom. The van der Waals surface area contributed by atoms with Crippen molar-refractivity contribution < 1.29 is 4.74 Å². The van der Waals surface area contributed by atoms with Gasteiger partial charge in [-0.15, -0.1) is 0 Å². The number of hydrogen-bond acceptors (Lipinski definition) is 5. The van der Waals surface area contributed by atoms with Crippen molar-refractivity contribution in [1.29, 1.82) is 0 Å². The fourth-order valence-corrected chi connectivity index (χ4v) is 3.79. The van der Waals surface area contributed by atoms with Gasteiger partial charge in [0.2, 0.25) is 0 Å². The maximum Gasteiger partial charge on any atom is 0.158 e. The van der Waals surface area contributed by atoms with Crippen LogP contribution in [-0.4, -0.2) is 36.2 Å². The van der Waals surface area contributed by atoms with Crippen molar-refractivity contribution >= 4 is 11.6 Å². The van der Waals surface area contributed by atoms with Gasteiger partial charge in [0.25, 0.3) is 0 Å². The summed E-state index contributed by atoms with van der Waals surface area (Å²) in [6, 6.07) is 2.78. The van der Waals surface area contributed by atoms with Gasteiger partial charge in [0.1, 0.15) is 18.2 Å². The summed E-state index contributed by atoms with van der Waals surface area (Å²) in [5.74, 6) is 3.61. The van der Waals surface area contributed by atoms with Gasteiger partial charge in [-0.1, -0.05) is 12.8 Å². The Kier molecular flexibility index (Phi) is 4.58. The summed E-state index contributed by atoms with van der Waals surface area (Å²) in [5.41, 5.74) is 0. The first kappa shape index (κ1) is 14.6. The van der Waals surface area contributed by atoms with Crippen LogP contribution in [0.1, 0.15) is 44.9 Å². The first-order chi connectivity index (χ1) is 10.3. The third kappa shape index (κ3) is 3.12. The Morgan fingerprint density at radius 3 is 2.95 bits per heavy atom. The molecule has 1 aliphatic carbocycles. The monoisotopic (exact) mass is 290 g/mol. The van der Waals surface area contributed by atoms with Gasteiger partial charge in [-0.05, 0) is 32.1 Å². The van der Waals surface area contributed by atoms with Crippen LogP contribution in [0, 0.1) is 5.92 Å². The highest BCUT2D eigenvalue weighted by Crippen LogP contribution is 2.38. The Balaban J connectivity index is 1.85. The van der Waals surface area contributed by atoms with Crippen molar-refractivity contribution in [3.05, 3.63) is 11.9 Å². The molecule has 1 aromatic heterocycles. The lowest BCUT2D eigenvalue weighted by atomic mass is 9.85. The number of ether oxygens (including phenoxy) is 1. The molecule has 1 saturated heterocycles. The fraction of sp³-hybridized carbons (Fsp3) is 0.750. The highest BCUT2D eigenvalue weighted by Gasteiger charge is 2.36. The lowest BCUT2D eigenvalue weighted by molar-refractivity contribution is 0.178. The molecule has 0 aromatic carbocycles. The Bertz CT molecular complexity index is 455. The second kappa shape index (κ2) is 6.60. The van der Waals surface area contributed by atoms with E-state index in [0.29, 0.717) is 12.6 Å². The molecule has 5 heteroatoms. The van der Waals surface area contributed by atoms with E-state index in [-0.39, 0.29) is 0 Å². The molecule has 2 aliphatic rings. The van der Waals surface area contributed by atoms with Crippen molar-refractivity contribution in [2.24, 2.45) is 5.92 Å². The van der Waals surface area contributed by atoms with E-state index < -0.39 is 0 Å². The molecule has 0 bridgehead atoms. The Hall–Kier alpha value is -1.36. The number of fused-ring (bicyclic) bond motifs is 1. The van der Waals surface area contributed by atoms with Crippen molar-refractivity contribution in [2.45, 2.75) is 51.7 Å². The van der Waals surface area contributed by atoms with Gasteiger partial charge >= 0.3 is 0 Å². The molecule has 0 amide bonds. The summed E-state index contributed by atoms with van der Waals surface area (Å²) in [6.07, 6.45) is 6.76. The van der Waals surface area contributed by atoms with Crippen LogP contribution in [0.4, 0.5) is 11.6 Å². The smallest absolute Gasteiger partial charge is 0.158 e. The SMILES string of the molecule is CCNc1cc(N2CCC3CCCCC32)nc(COC)n1. The number of nitrogens with zero attached hydrogens (tertiary/aromatic N) is 3. The number of anilines is 2. The maximum absolute atomic E-state index is 5.21. The van der Waals surface area contributed by atoms with Gasteiger partial charge in [0, 0.05) is 32.3 Å². The summed E-state index contributed by atoms with van der Waals surface area (Å²) >= 11 is 0. The zero-order valence-corrected chi connectivity index (χ0v) is 13.1. The predicted octanol–water partition coefficient (Wildman–Crippen LogP) is 2.82.